The number of fused-ring (bicyclic) bond motifs is 3. The van der Waals surface area contributed by atoms with Crippen LogP contribution in [0, 0.1) is 5.41 Å². The van der Waals surface area contributed by atoms with Gasteiger partial charge in [-0.3, -0.25) is 0 Å². The molecule has 0 unspecified atom stereocenters. The van der Waals surface area contributed by atoms with Crippen LogP contribution in [0.15, 0.2) is 48.5 Å². The number of hydrogen-bond donors (Lipinski definition) is 2. The van der Waals surface area contributed by atoms with E-state index in [9.17, 15) is 14.7 Å². The van der Waals surface area contributed by atoms with Crippen LogP contribution in [0.4, 0.5) is 4.79 Å². The number of carboxylic acid groups (broad SMARTS) is 1. The zero-order valence-electron chi connectivity index (χ0n) is 17.3. The van der Waals surface area contributed by atoms with Crippen molar-refractivity contribution in [3.63, 3.8) is 0 Å². The average molecular weight is 395 g/mol. The molecule has 0 aromatic heterocycles. The summed E-state index contributed by atoms with van der Waals surface area (Å²) < 4.78 is 5.45. The van der Waals surface area contributed by atoms with Crippen molar-refractivity contribution in [1.82, 2.24) is 5.32 Å². The van der Waals surface area contributed by atoms with Gasteiger partial charge >= 0.3 is 12.1 Å². The zero-order chi connectivity index (χ0) is 21.0. The molecular formula is C24H29NO4. The van der Waals surface area contributed by atoms with Crippen LogP contribution in [0.2, 0.25) is 0 Å². The molecule has 1 aliphatic carbocycles. The molecule has 2 aromatic carbocycles. The number of carboxylic acids is 1. The first kappa shape index (κ1) is 20.9. The summed E-state index contributed by atoms with van der Waals surface area (Å²) in [6, 6.07) is 15.3. The number of aliphatic carboxylic acids is 1. The maximum atomic E-state index is 12.3. The molecule has 3 rings (SSSR count). The third-order valence-corrected chi connectivity index (χ3v) is 5.35. The van der Waals surface area contributed by atoms with Crippen LogP contribution in [0.25, 0.3) is 11.1 Å². The van der Waals surface area contributed by atoms with Gasteiger partial charge in [0.05, 0.1) is 0 Å². The minimum absolute atomic E-state index is 0.0441. The number of hydrogen-bond acceptors (Lipinski definition) is 3. The molecule has 0 saturated heterocycles. The summed E-state index contributed by atoms with van der Waals surface area (Å²) in [4.78, 5) is 23.8. The lowest BCUT2D eigenvalue weighted by Gasteiger charge is -2.20. The van der Waals surface area contributed by atoms with Gasteiger partial charge in [0, 0.05) is 5.92 Å². The molecule has 2 N–H and O–H groups in total. The first-order valence-corrected chi connectivity index (χ1v) is 10.1. The number of ether oxygens (including phenoxy) is 1. The minimum Gasteiger partial charge on any atom is -0.480 e. The van der Waals surface area contributed by atoms with E-state index in [1.54, 1.807) is 0 Å². The van der Waals surface area contributed by atoms with E-state index in [1.807, 2.05) is 36.4 Å². The number of carbonyl (C=O) groups is 2. The Morgan fingerprint density at radius 2 is 1.59 bits per heavy atom. The third kappa shape index (κ3) is 5.17. The van der Waals surface area contributed by atoms with Crippen LogP contribution in [0.5, 0.6) is 0 Å². The fourth-order valence-electron chi connectivity index (χ4n) is 3.88. The zero-order valence-corrected chi connectivity index (χ0v) is 17.3. The molecular weight excluding hydrogens is 366 g/mol. The molecule has 0 aliphatic heterocycles. The van der Waals surface area contributed by atoms with Crippen molar-refractivity contribution in [3.05, 3.63) is 59.7 Å². The molecule has 0 fully saturated rings. The van der Waals surface area contributed by atoms with E-state index in [2.05, 4.69) is 38.2 Å². The second-order valence-corrected chi connectivity index (χ2v) is 8.81. The van der Waals surface area contributed by atoms with Crippen LogP contribution < -0.4 is 5.32 Å². The molecule has 0 heterocycles. The Bertz CT molecular complexity index is 839. The van der Waals surface area contributed by atoms with Gasteiger partial charge in [0.15, 0.2) is 0 Å². The maximum Gasteiger partial charge on any atom is 0.407 e. The Morgan fingerprint density at radius 3 is 2.10 bits per heavy atom. The predicted octanol–water partition coefficient (Wildman–Crippen LogP) is 5.19. The minimum atomic E-state index is -1.03. The van der Waals surface area contributed by atoms with Crippen molar-refractivity contribution < 1.29 is 19.4 Å². The topological polar surface area (TPSA) is 75.6 Å². The summed E-state index contributed by atoms with van der Waals surface area (Å²) in [5.41, 5.74) is 4.70. The van der Waals surface area contributed by atoms with Crippen LogP contribution >= 0.6 is 0 Å². The van der Waals surface area contributed by atoms with Gasteiger partial charge in [-0.05, 0) is 40.5 Å². The smallest absolute Gasteiger partial charge is 0.407 e. The summed E-state index contributed by atoms with van der Waals surface area (Å²) in [5.74, 6) is -1.08. The summed E-state index contributed by atoms with van der Waals surface area (Å²) >= 11 is 0. The number of alkyl carbamates (subject to hydrolysis) is 1. The second-order valence-electron chi connectivity index (χ2n) is 8.81. The van der Waals surface area contributed by atoms with E-state index < -0.39 is 18.1 Å². The Labute approximate surface area is 172 Å². The largest absolute Gasteiger partial charge is 0.480 e. The standard InChI is InChI=1S/C24H29NO4/c1-24(2,3)14-8-13-21(22(26)27)25-23(28)29-15-20-18-11-6-4-9-16(18)17-10-5-7-12-19(17)20/h4-7,9-12,20-21H,8,13-15H2,1-3H3,(H,25,28)(H,26,27)/t21-/m0/s1. The van der Waals surface area contributed by atoms with Crippen LogP contribution in [-0.2, 0) is 9.53 Å². The highest BCUT2D eigenvalue weighted by atomic mass is 16.5. The van der Waals surface area contributed by atoms with Crippen LogP contribution in [0.1, 0.15) is 57.1 Å². The van der Waals surface area contributed by atoms with Crippen molar-refractivity contribution in [2.45, 2.75) is 52.0 Å². The van der Waals surface area contributed by atoms with Crippen molar-refractivity contribution in [2.24, 2.45) is 5.41 Å². The normalized spacial score (nSPS) is 14.0. The van der Waals surface area contributed by atoms with E-state index in [0.717, 1.165) is 35.1 Å². The molecule has 0 bridgehead atoms. The van der Waals surface area contributed by atoms with Gasteiger partial charge in [-0.15, -0.1) is 0 Å². The van der Waals surface area contributed by atoms with Crippen LogP contribution in [-0.4, -0.2) is 29.8 Å². The molecule has 0 spiro atoms. The number of nitrogens with one attached hydrogen (secondary N) is 1. The highest BCUT2D eigenvalue weighted by Gasteiger charge is 2.29. The Morgan fingerprint density at radius 1 is 1.03 bits per heavy atom. The number of carbonyl (C=O) groups excluding carboxylic acids is 1. The van der Waals surface area contributed by atoms with Crippen molar-refractivity contribution in [2.75, 3.05) is 6.61 Å². The van der Waals surface area contributed by atoms with E-state index >= 15 is 0 Å². The quantitative estimate of drug-likeness (QED) is 0.676. The van der Waals surface area contributed by atoms with Gasteiger partial charge in [-0.1, -0.05) is 75.7 Å². The van der Waals surface area contributed by atoms with Crippen molar-refractivity contribution in [3.8, 4) is 11.1 Å². The van der Waals surface area contributed by atoms with Gasteiger partial charge in [-0.2, -0.15) is 0 Å². The monoisotopic (exact) mass is 395 g/mol. The van der Waals surface area contributed by atoms with E-state index in [0.29, 0.717) is 6.42 Å². The SMILES string of the molecule is CC(C)(C)CCC[C@H](NC(=O)OCC1c2ccccc2-c2ccccc21)C(=O)O. The summed E-state index contributed by atoms with van der Waals surface area (Å²) in [6.07, 6.45) is 1.32. The highest BCUT2D eigenvalue weighted by molar-refractivity contribution is 5.81. The highest BCUT2D eigenvalue weighted by Crippen LogP contribution is 2.44. The van der Waals surface area contributed by atoms with Crippen LogP contribution in [0.3, 0.4) is 0 Å². The molecule has 1 aliphatic rings. The molecule has 1 amide bonds. The summed E-state index contributed by atoms with van der Waals surface area (Å²) in [6.45, 7) is 6.51. The third-order valence-electron chi connectivity index (χ3n) is 5.35. The fraction of sp³-hybridized carbons (Fsp3) is 0.417. The van der Waals surface area contributed by atoms with E-state index in [4.69, 9.17) is 4.74 Å². The molecule has 5 heteroatoms. The van der Waals surface area contributed by atoms with Gasteiger partial charge in [-0.25, -0.2) is 9.59 Å². The summed E-state index contributed by atoms with van der Waals surface area (Å²) in [7, 11) is 0. The average Bonchev–Trinajstić information content (AvgIpc) is 2.98. The first-order chi connectivity index (χ1) is 13.8. The Hall–Kier alpha value is -2.82. The molecule has 0 saturated carbocycles. The molecule has 29 heavy (non-hydrogen) atoms. The van der Waals surface area contributed by atoms with E-state index in [1.165, 1.54) is 0 Å². The molecule has 2 aromatic rings. The van der Waals surface area contributed by atoms with E-state index in [-0.39, 0.29) is 17.9 Å². The van der Waals surface area contributed by atoms with Gasteiger partial charge in [0.1, 0.15) is 12.6 Å². The Balaban J connectivity index is 1.61. The first-order valence-electron chi connectivity index (χ1n) is 10.1. The van der Waals surface area contributed by atoms with Gasteiger partial charge in [0.2, 0.25) is 0 Å². The summed E-state index contributed by atoms with van der Waals surface area (Å²) in [5, 5.41) is 11.9. The maximum absolute atomic E-state index is 12.3. The van der Waals surface area contributed by atoms with Crippen molar-refractivity contribution >= 4 is 12.1 Å². The fourth-order valence-corrected chi connectivity index (χ4v) is 3.88. The lowest BCUT2D eigenvalue weighted by atomic mass is 9.89. The predicted molar refractivity (Wildman–Crippen MR) is 113 cm³/mol. The molecule has 1 atom stereocenters. The number of rotatable bonds is 7. The molecule has 0 radical (unpaired) electrons. The van der Waals surface area contributed by atoms with Crippen molar-refractivity contribution in [1.29, 1.82) is 0 Å². The lowest BCUT2D eigenvalue weighted by molar-refractivity contribution is -0.139. The Kier molecular flexibility index (Phi) is 6.26. The number of amides is 1. The number of benzene rings is 2. The lowest BCUT2D eigenvalue weighted by Crippen LogP contribution is -2.41. The van der Waals surface area contributed by atoms with Gasteiger partial charge in [0.25, 0.3) is 0 Å². The van der Waals surface area contributed by atoms with Gasteiger partial charge < -0.3 is 15.2 Å². The molecule has 154 valence electrons. The second kappa shape index (κ2) is 8.68. The molecule has 5 nitrogen and oxygen atoms in total.